The molecule has 0 heterocycles. The van der Waals surface area contributed by atoms with E-state index in [1.807, 2.05) is 18.2 Å². The first-order valence-electron chi connectivity index (χ1n) is 5.58. The van der Waals surface area contributed by atoms with Gasteiger partial charge in [0.15, 0.2) is 0 Å². The van der Waals surface area contributed by atoms with E-state index in [-0.39, 0.29) is 5.97 Å². The highest BCUT2D eigenvalue weighted by Crippen LogP contribution is 2.27. The molecule has 1 rings (SSSR count). The van der Waals surface area contributed by atoms with Gasteiger partial charge >= 0.3 is 5.97 Å². The van der Waals surface area contributed by atoms with E-state index >= 15 is 0 Å². The predicted molar refractivity (Wildman–Crippen MR) is 75.0 cm³/mol. The van der Waals surface area contributed by atoms with Crippen molar-refractivity contribution in [1.82, 2.24) is 0 Å². The molecule has 0 fully saturated rings. The van der Waals surface area contributed by atoms with Crippen LogP contribution in [0.15, 0.2) is 34.8 Å². The molecule has 0 bridgehead atoms. The number of ether oxygens (including phenoxy) is 2. The van der Waals surface area contributed by atoms with E-state index in [1.54, 1.807) is 20.1 Å². The van der Waals surface area contributed by atoms with Gasteiger partial charge in [-0.15, -0.1) is 0 Å². The number of methoxy groups -OCH3 is 1. The molecular weight excluding hydrogens is 298 g/mol. The van der Waals surface area contributed by atoms with Gasteiger partial charge in [-0.05, 0) is 25.1 Å². The third-order valence-electron chi connectivity index (χ3n) is 2.11. The van der Waals surface area contributed by atoms with Crippen LogP contribution in [-0.2, 0) is 9.53 Å². The first kappa shape index (κ1) is 14.6. The highest BCUT2D eigenvalue weighted by atomic mass is 79.9. The maximum absolute atomic E-state index is 11.1. The third kappa shape index (κ3) is 4.79. The fourth-order valence-corrected chi connectivity index (χ4v) is 1.69. The Hall–Kier alpha value is -1.49. The van der Waals surface area contributed by atoms with Crippen LogP contribution in [0.4, 0.5) is 5.69 Å². The van der Waals surface area contributed by atoms with Crippen molar-refractivity contribution in [2.45, 2.75) is 6.92 Å². The molecule has 0 saturated heterocycles. The van der Waals surface area contributed by atoms with Gasteiger partial charge in [-0.2, -0.15) is 0 Å². The molecule has 0 atom stereocenters. The van der Waals surface area contributed by atoms with Crippen molar-refractivity contribution in [3.05, 3.63) is 34.8 Å². The zero-order valence-corrected chi connectivity index (χ0v) is 12.0. The summed E-state index contributed by atoms with van der Waals surface area (Å²) in [7, 11) is 1.61. The summed E-state index contributed by atoms with van der Waals surface area (Å²) in [6.45, 7) is 2.68. The summed E-state index contributed by atoms with van der Waals surface area (Å²) in [6, 6.07) is 5.68. The number of nitrogens with one attached hydrogen (secondary N) is 1. The van der Waals surface area contributed by atoms with Crippen molar-refractivity contribution in [1.29, 1.82) is 0 Å². The smallest absolute Gasteiger partial charge is 0.330 e. The predicted octanol–water partition coefficient (Wildman–Crippen LogP) is 2.99. The molecule has 0 aliphatic carbocycles. The van der Waals surface area contributed by atoms with Crippen molar-refractivity contribution < 1.29 is 14.3 Å². The van der Waals surface area contributed by atoms with Crippen LogP contribution < -0.4 is 10.1 Å². The number of halogens is 1. The van der Waals surface area contributed by atoms with E-state index in [0.29, 0.717) is 13.2 Å². The number of carbonyl (C=O) groups excluding carboxylic acids is 1. The molecule has 0 unspecified atom stereocenters. The molecule has 0 aliphatic heterocycles. The average molecular weight is 314 g/mol. The largest absolute Gasteiger partial charge is 0.495 e. The summed E-state index contributed by atoms with van der Waals surface area (Å²) in [5.74, 6) is 0.420. The highest BCUT2D eigenvalue weighted by Gasteiger charge is 2.01. The van der Waals surface area contributed by atoms with Crippen LogP contribution in [0.3, 0.4) is 0 Å². The van der Waals surface area contributed by atoms with Crippen molar-refractivity contribution in [2.75, 3.05) is 25.6 Å². The molecule has 0 saturated carbocycles. The lowest BCUT2D eigenvalue weighted by atomic mass is 10.3. The van der Waals surface area contributed by atoms with Gasteiger partial charge in [0.05, 0.1) is 19.4 Å². The van der Waals surface area contributed by atoms with E-state index in [4.69, 9.17) is 9.47 Å². The fourth-order valence-electron chi connectivity index (χ4n) is 1.33. The van der Waals surface area contributed by atoms with Crippen molar-refractivity contribution in [2.24, 2.45) is 0 Å². The SMILES string of the molecule is CCOC(=O)/C=C/CNc1cc(Br)ccc1OC. The Morgan fingerprint density at radius 2 is 2.28 bits per heavy atom. The molecule has 1 aromatic carbocycles. The first-order valence-corrected chi connectivity index (χ1v) is 6.37. The molecule has 1 N–H and O–H groups in total. The van der Waals surface area contributed by atoms with Crippen LogP contribution in [0.25, 0.3) is 0 Å². The maximum Gasteiger partial charge on any atom is 0.330 e. The van der Waals surface area contributed by atoms with Crippen LogP contribution in [0.5, 0.6) is 5.75 Å². The number of hydrogen-bond donors (Lipinski definition) is 1. The number of benzene rings is 1. The van der Waals surface area contributed by atoms with E-state index < -0.39 is 0 Å². The molecular formula is C13H16BrNO3. The topological polar surface area (TPSA) is 47.6 Å². The monoisotopic (exact) mass is 313 g/mol. The van der Waals surface area contributed by atoms with E-state index in [2.05, 4.69) is 21.2 Å². The quantitative estimate of drug-likeness (QED) is 0.648. The molecule has 18 heavy (non-hydrogen) atoms. The molecule has 5 heteroatoms. The van der Waals surface area contributed by atoms with Gasteiger partial charge in [0.25, 0.3) is 0 Å². The second-order valence-electron chi connectivity index (χ2n) is 3.38. The lowest BCUT2D eigenvalue weighted by molar-refractivity contribution is -0.137. The fraction of sp³-hybridized carbons (Fsp3) is 0.308. The Morgan fingerprint density at radius 1 is 1.50 bits per heavy atom. The summed E-state index contributed by atoms with van der Waals surface area (Å²) < 4.78 is 10.9. The molecule has 98 valence electrons. The van der Waals surface area contributed by atoms with Crippen molar-refractivity contribution in [3.63, 3.8) is 0 Å². The van der Waals surface area contributed by atoms with Gasteiger partial charge in [0, 0.05) is 17.1 Å². The minimum atomic E-state index is -0.333. The molecule has 0 aromatic heterocycles. The van der Waals surface area contributed by atoms with Gasteiger partial charge in [-0.3, -0.25) is 0 Å². The Morgan fingerprint density at radius 3 is 2.94 bits per heavy atom. The standard InChI is InChI=1S/C13H16BrNO3/c1-3-18-13(16)5-4-8-15-11-9-10(14)6-7-12(11)17-2/h4-7,9,15H,3,8H2,1-2H3/b5-4+. The van der Waals surface area contributed by atoms with Crippen LogP contribution in [0, 0.1) is 0 Å². The summed E-state index contributed by atoms with van der Waals surface area (Å²) in [4.78, 5) is 11.1. The highest BCUT2D eigenvalue weighted by molar-refractivity contribution is 9.10. The third-order valence-corrected chi connectivity index (χ3v) is 2.61. The molecule has 1 aromatic rings. The Bertz CT molecular complexity index is 432. The Kier molecular flexibility index (Phi) is 6.28. The average Bonchev–Trinajstić information content (AvgIpc) is 2.35. The zero-order chi connectivity index (χ0) is 13.4. The number of esters is 1. The zero-order valence-electron chi connectivity index (χ0n) is 10.4. The minimum Gasteiger partial charge on any atom is -0.495 e. The van der Waals surface area contributed by atoms with Gasteiger partial charge in [0.2, 0.25) is 0 Å². The van der Waals surface area contributed by atoms with E-state index in [1.165, 1.54) is 6.08 Å². The number of carbonyl (C=O) groups is 1. The van der Waals surface area contributed by atoms with Crippen molar-refractivity contribution >= 4 is 27.6 Å². The Labute approximate surface area is 115 Å². The molecule has 0 spiro atoms. The van der Waals surface area contributed by atoms with Gasteiger partial charge in [-0.25, -0.2) is 4.79 Å². The summed E-state index contributed by atoms with van der Waals surface area (Å²) in [6.07, 6.45) is 3.11. The van der Waals surface area contributed by atoms with Crippen LogP contribution in [-0.4, -0.2) is 26.2 Å². The van der Waals surface area contributed by atoms with Gasteiger partial charge in [0.1, 0.15) is 5.75 Å². The van der Waals surface area contributed by atoms with E-state index in [9.17, 15) is 4.79 Å². The molecule has 4 nitrogen and oxygen atoms in total. The van der Waals surface area contributed by atoms with Crippen molar-refractivity contribution in [3.8, 4) is 5.75 Å². The molecule has 0 aliphatic rings. The second kappa shape index (κ2) is 7.76. The lowest BCUT2D eigenvalue weighted by Crippen LogP contribution is -2.03. The molecule has 0 amide bonds. The first-order chi connectivity index (χ1) is 8.67. The van der Waals surface area contributed by atoms with Gasteiger partial charge < -0.3 is 14.8 Å². The minimum absolute atomic E-state index is 0.333. The van der Waals surface area contributed by atoms with Crippen LogP contribution in [0.2, 0.25) is 0 Å². The van der Waals surface area contributed by atoms with E-state index in [0.717, 1.165) is 15.9 Å². The molecule has 0 radical (unpaired) electrons. The maximum atomic E-state index is 11.1. The lowest BCUT2D eigenvalue weighted by Gasteiger charge is -2.09. The second-order valence-corrected chi connectivity index (χ2v) is 4.30. The van der Waals surface area contributed by atoms with Gasteiger partial charge in [-0.1, -0.05) is 22.0 Å². The van der Waals surface area contributed by atoms with Crippen LogP contribution >= 0.6 is 15.9 Å². The van der Waals surface area contributed by atoms with Crippen LogP contribution in [0.1, 0.15) is 6.92 Å². The normalized spacial score (nSPS) is 10.4. The summed E-state index contributed by atoms with van der Waals surface area (Å²) >= 11 is 3.39. The number of anilines is 1. The summed E-state index contributed by atoms with van der Waals surface area (Å²) in [5.41, 5.74) is 0.861. The summed E-state index contributed by atoms with van der Waals surface area (Å²) in [5, 5.41) is 3.15. The number of hydrogen-bond acceptors (Lipinski definition) is 4. The number of rotatable bonds is 6. The Balaban J connectivity index is 2.53.